The van der Waals surface area contributed by atoms with Gasteiger partial charge in [0.05, 0.1) is 26.8 Å². The number of hydrogen-bond acceptors (Lipinski definition) is 8. The van der Waals surface area contributed by atoms with Crippen LogP contribution in [-0.4, -0.2) is 31.0 Å². The SMILES string of the molecule is CCNc1ncnc2sc3c(=O)n(-c4ccc5scnc5c4)cnc3c12. The maximum Gasteiger partial charge on any atom is 0.275 e. The van der Waals surface area contributed by atoms with Crippen LogP contribution in [0.1, 0.15) is 6.92 Å². The van der Waals surface area contributed by atoms with Gasteiger partial charge < -0.3 is 5.32 Å². The zero-order valence-corrected chi connectivity index (χ0v) is 15.3. The molecular formula is C17H12N6OS2. The van der Waals surface area contributed by atoms with E-state index in [9.17, 15) is 4.79 Å². The quantitative estimate of drug-likeness (QED) is 0.516. The summed E-state index contributed by atoms with van der Waals surface area (Å²) in [5.74, 6) is 0.706. The first-order chi connectivity index (χ1) is 12.8. The molecule has 26 heavy (non-hydrogen) atoms. The maximum atomic E-state index is 13.1. The Balaban J connectivity index is 1.78. The number of thiazole rings is 1. The summed E-state index contributed by atoms with van der Waals surface area (Å²) in [6.45, 7) is 2.73. The normalized spacial score (nSPS) is 11.6. The molecule has 0 aliphatic rings. The molecule has 7 nitrogen and oxygen atoms in total. The van der Waals surface area contributed by atoms with E-state index in [0.717, 1.165) is 32.7 Å². The molecule has 0 amide bonds. The van der Waals surface area contributed by atoms with E-state index in [1.165, 1.54) is 17.7 Å². The van der Waals surface area contributed by atoms with Gasteiger partial charge in [-0.25, -0.2) is 19.9 Å². The van der Waals surface area contributed by atoms with Crippen molar-refractivity contribution < 1.29 is 0 Å². The first-order valence-corrected chi connectivity index (χ1v) is 9.68. The van der Waals surface area contributed by atoms with E-state index in [1.54, 1.807) is 27.7 Å². The summed E-state index contributed by atoms with van der Waals surface area (Å²) in [6, 6.07) is 5.78. The largest absolute Gasteiger partial charge is 0.370 e. The van der Waals surface area contributed by atoms with Crippen molar-refractivity contribution in [3.05, 3.63) is 46.7 Å². The smallest absolute Gasteiger partial charge is 0.275 e. The number of anilines is 1. The fourth-order valence-electron chi connectivity index (χ4n) is 2.95. The first kappa shape index (κ1) is 15.4. The highest BCUT2D eigenvalue weighted by Gasteiger charge is 2.17. The van der Waals surface area contributed by atoms with Crippen molar-refractivity contribution in [3.8, 4) is 5.69 Å². The van der Waals surface area contributed by atoms with Gasteiger partial charge in [0.1, 0.15) is 33.5 Å². The number of hydrogen-bond donors (Lipinski definition) is 1. The summed E-state index contributed by atoms with van der Waals surface area (Å²) in [6.07, 6.45) is 3.07. The minimum Gasteiger partial charge on any atom is -0.370 e. The molecule has 0 spiro atoms. The van der Waals surface area contributed by atoms with Gasteiger partial charge in [-0.2, -0.15) is 0 Å². The van der Waals surface area contributed by atoms with Crippen LogP contribution < -0.4 is 10.9 Å². The third-order valence-electron chi connectivity index (χ3n) is 4.11. The Morgan fingerprint density at radius 2 is 2.12 bits per heavy atom. The summed E-state index contributed by atoms with van der Waals surface area (Å²) in [5, 5.41) is 4.01. The van der Waals surface area contributed by atoms with Gasteiger partial charge in [-0.1, -0.05) is 0 Å². The summed E-state index contributed by atoms with van der Waals surface area (Å²) < 4.78 is 3.21. The second-order valence-corrected chi connectivity index (χ2v) is 7.52. The molecule has 1 aromatic carbocycles. The summed E-state index contributed by atoms with van der Waals surface area (Å²) in [5.41, 5.74) is 3.94. The second-order valence-electron chi connectivity index (χ2n) is 5.64. The summed E-state index contributed by atoms with van der Waals surface area (Å²) >= 11 is 2.91. The van der Waals surface area contributed by atoms with Gasteiger partial charge in [-0.05, 0) is 25.1 Å². The topological polar surface area (TPSA) is 85.6 Å². The van der Waals surface area contributed by atoms with E-state index in [-0.39, 0.29) is 5.56 Å². The van der Waals surface area contributed by atoms with Crippen molar-refractivity contribution in [2.75, 3.05) is 11.9 Å². The van der Waals surface area contributed by atoms with Crippen LogP contribution in [0.25, 0.3) is 36.3 Å². The molecule has 9 heteroatoms. The Morgan fingerprint density at radius 3 is 3.00 bits per heavy atom. The van der Waals surface area contributed by atoms with Crippen molar-refractivity contribution in [3.63, 3.8) is 0 Å². The number of thiophene rings is 1. The Morgan fingerprint density at radius 1 is 1.19 bits per heavy atom. The Labute approximate surface area is 155 Å². The minimum absolute atomic E-state index is 0.116. The highest BCUT2D eigenvalue weighted by molar-refractivity contribution is 7.25. The number of rotatable bonds is 3. The molecule has 128 valence electrons. The number of fused-ring (bicyclic) bond motifs is 4. The predicted octanol–water partition coefficient (Wildman–Crippen LogP) is 3.43. The fraction of sp³-hybridized carbons (Fsp3) is 0.118. The molecule has 0 unspecified atom stereocenters. The van der Waals surface area contributed by atoms with Crippen molar-refractivity contribution >= 4 is 59.1 Å². The van der Waals surface area contributed by atoms with Gasteiger partial charge in [0.2, 0.25) is 0 Å². The molecule has 0 bridgehead atoms. The maximum absolute atomic E-state index is 13.1. The molecule has 0 saturated carbocycles. The van der Waals surface area contributed by atoms with Crippen LogP contribution in [0, 0.1) is 0 Å². The highest BCUT2D eigenvalue weighted by atomic mass is 32.1. The molecule has 0 aliphatic carbocycles. The van der Waals surface area contributed by atoms with E-state index < -0.39 is 0 Å². The number of nitrogens with zero attached hydrogens (tertiary/aromatic N) is 5. The molecule has 0 fully saturated rings. The van der Waals surface area contributed by atoms with Crippen LogP contribution >= 0.6 is 22.7 Å². The van der Waals surface area contributed by atoms with Gasteiger partial charge in [-0.3, -0.25) is 9.36 Å². The van der Waals surface area contributed by atoms with E-state index in [2.05, 4.69) is 25.3 Å². The molecule has 4 heterocycles. The van der Waals surface area contributed by atoms with Crippen LogP contribution in [0.2, 0.25) is 0 Å². The first-order valence-electron chi connectivity index (χ1n) is 7.98. The lowest BCUT2D eigenvalue weighted by Gasteiger charge is -2.05. The van der Waals surface area contributed by atoms with Crippen LogP contribution in [0.15, 0.2) is 41.2 Å². The van der Waals surface area contributed by atoms with Crippen molar-refractivity contribution in [2.24, 2.45) is 0 Å². The van der Waals surface area contributed by atoms with Crippen molar-refractivity contribution in [1.29, 1.82) is 0 Å². The van der Waals surface area contributed by atoms with E-state index in [1.807, 2.05) is 25.1 Å². The Hall–Kier alpha value is -2.91. The monoisotopic (exact) mass is 380 g/mol. The van der Waals surface area contributed by atoms with Gasteiger partial charge in [-0.15, -0.1) is 22.7 Å². The fourth-order valence-corrected chi connectivity index (χ4v) is 4.63. The lowest BCUT2D eigenvalue weighted by Crippen LogP contribution is -2.17. The zero-order chi connectivity index (χ0) is 17.7. The van der Waals surface area contributed by atoms with Crippen LogP contribution in [0.5, 0.6) is 0 Å². The van der Waals surface area contributed by atoms with E-state index >= 15 is 0 Å². The van der Waals surface area contributed by atoms with Gasteiger partial charge in [0, 0.05) is 6.54 Å². The predicted molar refractivity (Wildman–Crippen MR) is 106 cm³/mol. The van der Waals surface area contributed by atoms with Crippen LogP contribution in [0.4, 0.5) is 5.82 Å². The highest BCUT2D eigenvalue weighted by Crippen LogP contribution is 2.33. The zero-order valence-electron chi connectivity index (χ0n) is 13.6. The summed E-state index contributed by atoms with van der Waals surface area (Å²) in [4.78, 5) is 31.3. The standard InChI is InChI=1S/C17H12N6OS2/c1-2-18-15-12-13-14(26-16(12)20-6-19-15)17(24)23(7-21-13)9-3-4-11-10(5-9)22-8-25-11/h3-8H,2H2,1H3,(H,18,19,20). The molecule has 0 atom stereocenters. The Bertz CT molecular complexity index is 1340. The number of aromatic nitrogens is 5. The minimum atomic E-state index is -0.116. The average Bonchev–Trinajstić information content (AvgIpc) is 3.27. The average molecular weight is 380 g/mol. The third kappa shape index (κ3) is 2.21. The molecule has 0 aliphatic heterocycles. The molecule has 0 radical (unpaired) electrons. The van der Waals surface area contributed by atoms with Gasteiger partial charge in [0.25, 0.3) is 5.56 Å². The van der Waals surface area contributed by atoms with Gasteiger partial charge >= 0.3 is 0 Å². The lowest BCUT2D eigenvalue weighted by atomic mass is 10.3. The molecule has 1 N–H and O–H groups in total. The number of nitrogens with one attached hydrogen (secondary N) is 1. The van der Waals surface area contributed by atoms with Crippen LogP contribution in [0.3, 0.4) is 0 Å². The molecular weight excluding hydrogens is 368 g/mol. The molecule has 5 rings (SSSR count). The second kappa shape index (κ2) is 5.82. The molecule has 5 aromatic rings. The van der Waals surface area contributed by atoms with Gasteiger partial charge in [0.15, 0.2) is 0 Å². The van der Waals surface area contributed by atoms with Crippen molar-refractivity contribution in [1.82, 2.24) is 24.5 Å². The number of benzene rings is 1. The third-order valence-corrected chi connectivity index (χ3v) is 6.00. The lowest BCUT2D eigenvalue weighted by molar-refractivity contribution is 0.969. The molecule has 0 saturated heterocycles. The Kier molecular flexibility index (Phi) is 3.44. The van der Waals surface area contributed by atoms with E-state index in [0.29, 0.717) is 16.0 Å². The summed E-state index contributed by atoms with van der Waals surface area (Å²) in [7, 11) is 0. The van der Waals surface area contributed by atoms with Crippen LogP contribution in [-0.2, 0) is 0 Å². The van der Waals surface area contributed by atoms with Crippen molar-refractivity contribution in [2.45, 2.75) is 6.92 Å². The van der Waals surface area contributed by atoms with E-state index in [4.69, 9.17) is 0 Å². The molecule has 4 aromatic heterocycles.